The predicted molar refractivity (Wildman–Crippen MR) is 182 cm³/mol. The summed E-state index contributed by atoms with van der Waals surface area (Å²) >= 11 is 0. The average molecular weight is 585 g/mol. The van der Waals surface area contributed by atoms with Crippen LogP contribution in [0.4, 0.5) is 4.39 Å². The summed E-state index contributed by atoms with van der Waals surface area (Å²) in [5.74, 6) is 0.763. The van der Waals surface area contributed by atoms with E-state index in [4.69, 9.17) is 4.74 Å². The molecule has 2 aliphatic carbocycles. The number of ether oxygens (including phenoxy) is 1. The largest absolute Gasteiger partial charge is 0.472 e. The second kappa shape index (κ2) is 10.0. The highest BCUT2D eigenvalue weighted by atomic mass is 19.1. The molecule has 1 aliphatic heterocycles. The molecule has 45 heavy (non-hydrogen) atoms. The molecule has 0 bridgehead atoms. The summed E-state index contributed by atoms with van der Waals surface area (Å²) in [7, 11) is 0. The maximum Gasteiger partial charge on any atom is 0.178 e. The van der Waals surface area contributed by atoms with E-state index in [9.17, 15) is 4.39 Å². The van der Waals surface area contributed by atoms with Crippen LogP contribution in [0.2, 0.25) is 0 Å². The zero-order valence-corrected chi connectivity index (χ0v) is 25.1. The molecule has 2 heteroatoms. The summed E-state index contributed by atoms with van der Waals surface area (Å²) in [5.41, 5.74) is 9.58. The molecular formula is C43H33FO. The SMILES string of the molecule is Fc1ccc2c(c1)C1(CCCCC1)c1c3c(c4ccccc4c1-2)OC(c1ccccc1)(c1ccc(-c2ccccc2)cc1)C=C3. The molecule has 6 aromatic rings. The van der Waals surface area contributed by atoms with Crippen LogP contribution in [-0.2, 0) is 11.0 Å². The molecule has 218 valence electrons. The number of halogens is 1. The zero-order chi connectivity index (χ0) is 30.0. The van der Waals surface area contributed by atoms with Crippen molar-refractivity contribution < 1.29 is 9.13 Å². The predicted octanol–water partition coefficient (Wildman–Crippen LogP) is 11.2. The van der Waals surface area contributed by atoms with Gasteiger partial charge in [0.15, 0.2) is 5.60 Å². The Labute approximate surface area is 263 Å². The summed E-state index contributed by atoms with van der Waals surface area (Å²) in [4.78, 5) is 0. The second-order valence-corrected chi connectivity index (χ2v) is 12.9. The zero-order valence-electron chi connectivity index (χ0n) is 25.1. The molecule has 0 saturated heterocycles. The Hall–Kier alpha value is -4.95. The molecular weight excluding hydrogens is 551 g/mol. The molecule has 1 saturated carbocycles. The Morgan fingerprint density at radius 2 is 1.24 bits per heavy atom. The maximum atomic E-state index is 15.0. The van der Waals surface area contributed by atoms with Crippen LogP contribution < -0.4 is 4.74 Å². The van der Waals surface area contributed by atoms with E-state index in [1.54, 1.807) is 6.07 Å². The lowest BCUT2D eigenvalue weighted by Crippen LogP contribution is -2.35. The average Bonchev–Trinajstić information content (AvgIpc) is 3.38. The van der Waals surface area contributed by atoms with Crippen LogP contribution in [0, 0.1) is 5.82 Å². The van der Waals surface area contributed by atoms with Crippen molar-refractivity contribution in [3.63, 3.8) is 0 Å². The van der Waals surface area contributed by atoms with E-state index >= 15 is 0 Å². The number of hydrogen-bond acceptors (Lipinski definition) is 1. The molecule has 6 aromatic carbocycles. The van der Waals surface area contributed by atoms with Crippen molar-refractivity contribution in [3.8, 4) is 28.0 Å². The van der Waals surface area contributed by atoms with Crippen molar-refractivity contribution in [1.82, 2.24) is 0 Å². The van der Waals surface area contributed by atoms with E-state index in [0.29, 0.717) is 0 Å². The summed E-state index contributed by atoms with van der Waals surface area (Å²) in [6.45, 7) is 0. The summed E-state index contributed by atoms with van der Waals surface area (Å²) in [5, 5.41) is 2.28. The van der Waals surface area contributed by atoms with Crippen molar-refractivity contribution in [2.75, 3.05) is 0 Å². The van der Waals surface area contributed by atoms with Gasteiger partial charge in [-0.3, -0.25) is 0 Å². The molecule has 1 heterocycles. The fourth-order valence-electron chi connectivity index (χ4n) is 8.51. The third kappa shape index (κ3) is 3.85. The van der Waals surface area contributed by atoms with Crippen LogP contribution in [0.1, 0.15) is 59.9 Å². The lowest BCUT2D eigenvalue weighted by molar-refractivity contribution is 0.163. The molecule has 1 spiro atoms. The first kappa shape index (κ1) is 26.5. The van der Waals surface area contributed by atoms with E-state index in [2.05, 4.69) is 115 Å². The second-order valence-electron chi connectivity index (χ2n) is 12.9. The molecule has 9 rings (SSSR count). The van der Waals surface area contributed by atoms with Gasteiger partial charge in [0.1, 0.15) is 11.6 Å². The lowest BCUT2D eigenvalue weighted by atomic mass is 9.66. The summed E-state index contributed by atoms with van der Waals surface area (Å²) in [6, 6.07) is 44.0. The van der Waals surface area contributed by atoms with Crippen LogP contribution in [0.5, 0.6) is 5.75 Å². The van der Waals surface area contributed by atoms with E-state index in [1.165, 1.54) is 39.6 Å². The normalized spacial score (nSPS) is 19.1. The van der Waals surface area contributed by atoms with Gasteiger partial charge in [0.25, 0.3) is 0 Å². The third-order valence-electron chi connectivity index (χ3n) is 10.5. The van der Waals surface area contributed by atoms with Crippen molar-refractivity contribution in [3.05, 3.63) is 167 Å². The summed E-state index contributed by atoms with van der Waals surface area (Å²) in [6.07, 6.45) is 10.1. The highest BCUT2D eigenvalue weighted by molar-refractivity contribution is 6.08. The lowest BCUT2D eigenvalue weighted by Gasteiger charge is -2.41. The first-order valence-electron chi connectivity index (χ1n) is 16.2. The minimum Gasteiger partial charge on any atom is -0.472 e. The quantitative estimate of drug-likeness (QED) is 0.201. The maximum absolute atomic E-state index is 15.0. The van der Waals surface area contributed by atoms with Gasteiger partial charge in [-0.1, -0.05) is 141 Å². The first-order chi connectivity index (χ1) is 22.2. The third-order valence-corrected chi connectivity index (χ3v) is 10.5. The van der Waals surface area contributed by atoms with Crippen molar-refractivity contribution in [2.45, 2.75) is 43.1 Å². The van der Waals surface area contributed by atoms with Gasteiger partial charge in [-0.15, -0.1) is 0 Å². The molecule has 0 aromatic heterocycles. The fraction of sp³-hybridized carbons (Fsp3) is 0.163. The van der Waals surface area contributed by atoms with E-state index in [-0.39, 0.29) is 11.2 Å². The van der Waals surface area contributed by atoms with Crippen LogP contribution in [0.3, 0.4) is 0 Å². The number of fused-ring (bicyclic) bond motifs is 10. The Morgan fingerprint density at radius 1 is 0.600 bits per heavy atom. The van der Waals surface area contributed by atoms with Gasteiger partial charge in [-0.2, -0.15) is 0 Å². The Bertz CT molecular complexity index is 2100. The van der Waals surface area contributed by atoms with E-state index in [0.717, 1.165) is 59.1 Å². The molecule has 1 nitrogen and oxygen atoms in total. The minimum absolute atomic E-state index is 0.154. The van der Waals surface area contributed by atoms with E-state index < -0.39 is 5.60 Å². The van der Waals surface area contributed by atoms with Crippen LogP contribution in [-0.4, -0.2) is 0 Å². The Morgan fingerprint density at radius 3 is 2.00 bits per heavy atom. The van der Waals surface area contributed by atoms with E-state index in [1.807, 2.05) is 18.2 Å². The van der Waals surface area contributed by atoms with Crippen molar-refractivity contribution in [2.24, 2.45) is 0 Å². The van der Waals surface area contributed by atoms with Gasteiger partial charge < -0.3 is 4.74 Å². The molecule has 0 amide bonds. The number of benzene rings is 6. The first-order valence-corrected chi connectivity index (χ1v) is 16.2. The smallest absolute Gasteiger partial charge is 0.178 e. The molecule has 0 N–H and O–H groups in total. The van der Waals surface area contributed by atoms with Gasteiger partial charge in [-0.05, 0) is 69.8 Å². The highest BCUT2D eigenvalue weighted by Crippen LogP contribution is 2.62. The molecule has 0 radical (unpaired) electrons. The van der Waals surface area contributed by atoms with Gasteiger partial charge >= 0.3 is 0 Å². The number of hydrogen-bond donors (Lipinski definition) is 0. The van der Waals surface area contributed by atoms with Gasteiger partial charge in [-0.25, -0.2) is 4.39 Å². The standard InChI is InChI=1S/C43H33FO/c44-33-22-23-36-38(28-33)42(25-10-3-11-26-42)40-37-24-27-43(31-14-6-2-7-15-31,45-41(37)35-17-9-8-16-34(35)39(36)40)32-20-18-30(19-21-32)29-12-4-1-5-13-29/h1-2,4-9,12-24,27-28H,3,10-11,25-26H2. The van der Waals surface area contributed by atoms with Crippen LogP contribution in [0.25, 0.3) is 39.1 Å². The fourth-order valence-corrected chi connectivity index (χ4v) is 8.51. The topological polar surface area (TPSA) is 9.23 Å². The van der Waals surface area contributed by atoms with Crippen molar-refractivity contribution >= 4 is 16.8 Å². The molecule has 1 fully saturated rings. The van der Waals surface area contributed by atoms with Gasteiger partial charge in [0.05, 0.1) is 0 Å². The monoisotopic (exact) mass is 584 g/mol. The van der Waals surface area contributed by atoms with Gasteiger partial charge in [0.2, 0.25) is 0 Å². The highest BCUT2D eigenvalue weighted by Gasteiger charge is 2.48. The van der Waals surface area contributed by atoms with Crippen LogP contribution in [0.15, 0.2) is 133 Å². The number of rotatable bonds is 3. The summed E-state index contributed by atoms with van der Waals surface area (Å²) < 4.78 is 22.4. The Balaban J connectivity index is 1.30. The van der Waals surface area contributed by atoms with Gasteiger partial charge in [0, 0.05) is 27.5 Å². The minimum atomic E-state index is -0.808. The Kier molecular flexibility index (Phi) is 5.90. The van der Waals surface area contributed by atoms with Crippen LogP contribution >= 0.6 is 0 Å². The van der Waals surface area contributed by atoms with Crippen molar-refractivity contribution in [1.29, 1.82) is 0 Å². The molecule has 1 atom stereocenters. The molecule has 1 unspecified atom stereocenters. The molecule has 3 aliphatic rings.